The van der Waals surface area contributed by atoms with E-state index in [1.807, 2.05) is 0 Å². The van der Waals surface area contributed by atoms with Crippen LogP contribution in [0.3, 0.4) is 0 Å². The molecule has 0 bridgehead atoms. The van der Waals surface area contributed by atoms with Gasteiger partial charge in [-0.3, -0.25) is 9.97 Å². The highest BCUT2D eigenvalue weighted by Crippen LogP contribution is 2.36. The molecule has 0 atom stereocenters. The lowest BCUT2D eigenvalue weighted by atomic mass is 10.0. The molecule has 2 aromatic heterocycles. The van der Waals surface area contributed by atoms with E-state index in [2.05, 4.69) is 158 Å². The van der Waals surface area contributed by atoms with E-state index in [1.54, 1.807) is 0 Å². The van der Waals surface area contributed by atoms with Gasteiger partial charge in [0, 0.05) is 22.2 Å². The quantitative estimate of drug-likeness (QED) is 0.0346. The van der Waals surface area contributed by atoms with Gasteiger partial charge < -0.3 is 0 Å². The van der Waals surface area contributed by atoms with Gasteiger partial charge in [0.15, 0.2) is 0 Å². The molecule has 0 aliphatic carbocycles. The fourth-order valence-corrected chi connectivity index (χ4v) is 13.1. The Kier molecular flexibility index (Phi) is 16.9. The van der Waals surface area contributed by atoms with E-state index < -0.39 is 0 Å². The van der Waals surface area contributed by atoms with Crippen molar-refractivity contribution in [1.29, 1.82) is 0 Å². The van der Waals surface area contributed by atoms with Gasteiger partial charge in [0.05, 0.1) is 11.0 Å². The van der Waals surface area contributed by atoms with Crippen LogP contribution in [0.2, 0.25) is 0 Å². The molecule has 7 aromatic rings. The molecule has 0 fully saturated rings. The van der Waals surface area contributed by atoms with Crippen molar-refractivity contribution in [3.8, 4) is 0 Å². The monoisotopic (exact) mass is 800 g/mol. The first-order chi connectivity index (χ1) is 28.8. The van der Waals surface area contributed by atoms with Gasteiger partial charge in [-0.05, 0) is 100 Å². The standard InChI is InChI=1S/C54H62N2P2/c1(5-9-25-43-57(49-29-17-11-18-30-49)50-31-19-12-20-32-50)3-7-15-27-47-41-39-45-37-38-46-40-42-48(56-54(46)53(45)55-47)28-16-8-4-2-6-10-26-44-58(51-33-21-13-22-34-51)52-35-23-14-24-36-52/h11-14,17-24,29-42H,1-10,15-16,25-28,43-44H2. The fourth-order valence-electron chi connectivity index (χ4n) is 8.29. The van der Waals surface area contributed by atoms with Crippen molar-refractivity contribution >= 4 is 58.9 Å². The number of benzene rings is 5. The summed E-state index contributed by atoms with van der Waals surface area (Å²) in [6.45, 7) is 0. The minimum Gasteiger partial charge on any atom is -0.251 e. The van der Waals surface area contributed by atoms with Crippen molar-refractivity contribution in [2.75, 3.05) is 12.3 Å². The van der Waals surface area contributed by atoms with Crippen LogP contribution in [-0.2, 0) is 12.8 Å². The molecule has 0 spiro atoms. The molecule has 0 aliphatic heterocycles. The Hall–Kier alpha value is -4.22. The highest BCUT2D eigenvalue weighted by atomic mass is 31.1. The maximum Gasteiger partial charge on any atom is 0.0967 e. The lowest BCUT2D eigenvalue weighted by molar-refractivity contribution is 0.588. The Morgan fingerprint density at radius 1 is 0.276 bits per heavy atom. The topological polar surface area (TPSA) is 25.8 Å². The van der Waals surface area contributed by atoms with E-state index in [-0.39, 0.29) is 15.8 Å². The van der Waals surface area contributed by atoms with Crippen LogP contribution < -0.4 is 21.2 Å². The van der Waals surface area contributed by atoms with Crippen LogP contribution in [0.1, 0.15) is 101 Å². The molecular formula is C54H62N2P2. The zero-order valence-electron chi connectivity index (χ0n) is 34.5. The van der Waals surface area contributed by atoms with Gasteiger partial charge in [0.2, 0.25) is 0 Å². The lowest BCUT2D eigenvalue weighted by Gasteiger charge is -2.18. The number of rotatable bonds is 24. The van der Waals surface area contributed by atoms with Crippen LogP contribution in [-0.4, -0.2) is 22.3 Å². The van der Waals surface area contributed by atoms with E-state index in [1.165, 1.54) is 146 Å². The molecular weight excluding hydrogens is 739 g/mol. The summed E-state index contributed by atoms with van der Waals surface area (Å²) in [6, 6.07) is 58.0. The van der Waals surface area contributed by atoms with Crippen LogP contribution >= 0.6 is 15.8 Å². The molecule has 0 aliphatic rings. The molecule has 5 aromatic carbocycles. The number of nitrogens with zero attached hydrogens (tertiary/aromatic N) is 2. The van der Waals surface area contributed by atoms with E-state index >= 15 is 0 Å². The smallest absolute Gasteiger partial charge is 0.0967 e. The summed E-state index contributed by atoms with van der Waals surface area (Å²) in [6.07, 6.45) is 22.9. The highest BCUT2D eigenvalue weighted by molar-refractivity contribution is 7.73. The number of aromatic nitrogens is 2. The molecule has 0 saturated carbocycles. The maximum absolute atomic E-state index is 5.20. The van der Waals surface area contributed by atoms with Gasteiger partial charge in [0.1, 0.15) is 0 Å². The number of pyridine rings is 2. The molecule has 0 radical (unpaired) electrons. The average molecular weight is 801 g/mol. The van der Waals surface area contributed by atoms with Gasteiger partial charge in [-0.2, -0.15) is 0 Å². The summed E-state index contributed by atoms with van der Waals surface area (Å²) in [5.74, 6) is 0. The van der Waals surface area contributed by atoms with Crippen molar-refractivity contribution in [1.82, 2.24) is 9.97 Å². The number of hydrogen-bond donors (Lipinski definition) is 0. The molecule has 298 valence electrons. The van der Waals surface area contributed by atoms with Crippen LogP contribution in [0.25, 0.3) is 21.8 Å². The van der Waals surface area contributed by atoms with E-state index in [4.69, 9.17) is 9.97 Å². The largest absolute Gasteiger partial charge is 0.251 e. The van der Waals surface area contributed by atoms with E-state index in [9.17, 15) is 0 Å². The van der Waals surface area contributed by atoms with Crippen LogP contribution in [0.5, 0.6) is 0 Å². The Bertz CT molecular complexity index is 1970. The fraction of sp³-hybridized carbons (Fsp3) is 0.333. The van der Waals surface area contributed by atoms with Crippen LogP contribution in [0.15, 0.2) is 158 Å². The molecule has 4 heteroatoms. The van der Waals surface area contributed by atoms with Gasteiger partial charge >= 0.3 is 0 Å². The van der Waals surface area contributed by atoms with Crippen molar-refractivity contribution in [3.63, 3.8) is 0 Å². The molecule has 0 unspecified atom stereocenters. The summed E-state index contributed by atoms with van der Waals surface area (Å²) >= 11 is 0. The molecule has 58 heavy (non-hydrogen) atoms. The number of aryl methyl sites for hydroxylation is 2. The first kappa shape index (κ1) is 41.9. The Labute approximate surface area is 351 Å². The third-order valence-corrected chi connectivity index (χ3v) is 16.7. The molecule has 0 N–H and O–H groups in total. The average Bonchev–Trinajstić information content (AvgIpc) is 3.29. The zero-order chi connectivity index (χ0) is 39.5. The van der Waals surface area contributed by atoms with Crippen molar-refractivity contribution in [3.05, 3.63) is 169 Å². The van der Waals surface area contributed by atoms with Crippen molar-refractivity contribution in [2.45, 2.75) is 103 Å². The second kappa shape index (κ2) is 23.4. The van der Waals surface area contributed by atoms with E-state index in [0.29, 0.717) is 0 Å². The predicted molar refractivity (Wildman–Crippen MR) is 257 cm³/mol. The summed E-state index contributed by atoms with van der Waals surface area (Å²) in [4.78, 5) is 10.4. The van der Waals surface area contributed by atoms with Crippen molar-refractivity contribution < 1.29 is 0 Å². The number of unbranched alkanes of at least 4 members (excludes halogenated alkanes) is 12. The Morgan fingerprint density at radius 2 is 0.552 bits per heavy atom. The second-order valence-electron chi connectivity index (χ2n) is 15.9. The molecule has 7 rings (SSSR count). The van der Waals surface area contributed by atoms with Gasteiger partial charge in [0.25, 0.3) is 0 Å². The first-order valence-electron chi connectivity index (χ1n) is 22.3. The minimum absolute atomic E-state index is 0.263. The first-order valence-corrected chi connectivity index (χ1v) is 25.3. The zero-order valence-corrected chi connectivity index (χ0v) is 36.3. The Morgan fingerprint density at radius 3 is 0.879 bits per heavy atom. The van der Waals surface area contributed by atoms with Crippen LogP contribution in [0.4, 0.5) is 0 Å². The third-order valence-electron chi connectivity index (χ3n) is 11.5. The van der Waals surface area contributed by atoms with Gasteiger partial charge in [-0.15, -0.1) is 0 Å². The lowest BCUT2D eigenvalue weighted by Crippen LogP contribution is -2.13. The number of fused-ring (bicyclic) bond motifs is 3. The number of hydrogen-bond acceptors (Lipinski definition) is 2. The molecule has 2 nitrogen and oxygen atoms in total. The van der Waals surface area contributed by atoms with Crippen molar-refractivity contribution in [2.24, 2.45) is 0 Å². The summed E-state index contributed by atoms with van der Waals surface area (Å²) in [7, 11) is -0.526. The molecule has 0 saturated heterocycles. The van der Waals surface area contributed by atoms with Crippen LogP contribution in [0, 0.1) is 0 Å². The molecule has 2 heterocycles. The highest BCUT2D eigenvalue weighted by Gasteiger charge is 2.14. The summed E-state index contributed by atoms with van der Waals surface area (Å²) < 4.78 is 0. The maximum atomic E-state index is 5.20. The molecule has 0 amide bonds. The summed E-state index contributed by atoms with van der Waals surface area (Å²) in [5, 5.41) is 8.42. The van der Waals surface area contributed by atoms with Gasteiger partial charge in [-0.25, -0.2) is 0 Å². The predicted octanol–water partition coefficient (Wildman–Crippen LogP) is 13.6. The van der Waals surface area contributed by atoms with E-state index in [0.717, 1.165) is 23.9 Å². The SMILES string of the molecule is c1ccc(P(CCCCCCCCCc2ccc3ccc4ccc(CCCCCCCCCP(c5ccccc5)c5ccccc5)nc4c3n2)c2ccccc2)cc1. The second-order valence-corrected chi connectivity index (χ2v) is 20.6. The summed E-state index contributed by atoms with van der Waals surface area (Å²) in [5.41, 5.74) is 4.57. The Balaban J connectivity index is 0.792. The third kappa shape index (κ3) is 12.6. The minimum atomic E-state index is -0.263. The van der Waals surface area contributed by atoms with Gasteiger partial charge in [-0.1, -0.05) is 210 Å². The normalized spacial score (nSPS) is 11.6.